The van der Waals surface area contributed by atoms with Gasteiger partial charge in [0, 0.05) is 0 Å². The predicted octanol–water partition coefficient (Wildman–Crippen LogP) is 4.36. The van der Waals surface area contributed by atoms with Crippen molar-refractivity contribution in [2.75, 3.05) is 0 Å². The van der Waals surface area contributed by atoms with Crippen molar-refractivity contribution in [1.82, 2.24) is 0 Å². The summed E-state index contributed by atoms with van der Waals surface area (Å²) >= 11 is 0. The highest BCUT2D eigenvalue weighted by atomic mass is 14.2. The Balaban J connectivity index is 2.45. The summed E-state index contributed by atoms with van der Waals surface area (Å²) in [6, 6.07) is 8.62. The molecule has 0 N–H and O–H groups in total. The number of allylic oxidation sites excluding steroid dienone is 4. The zero-order valence-corrected chi connectivity index (χ0v) is 9.75. The van der Waals surface area contributed by atoms with Crippen LogP contribution in [0.15, 0.2) is 42.0 Å². The van der Waals surface area contributed by atoms with E-state index in [2.05, 4.69) is 57.2 Å². The first kappa shape index (κ1) is 10.2. The van der Waals surface area contributed by atoms with Gasteiger partial charge in [-0.15, -0.1) is 0 Å². The average Bonchev–Trinajstić information content (AvgIpc) is 2.20. The van der Waals surface area contributed by atoms with Gasteiger partial charge in [0.15, 0.2) is 0 Å². The molecule has 1 aliphatic carbocycles. The molecule has 1 aromatic carbocycles. The lowest BCUT2D eigenvalue weighted by atomic mass is 9.87. The second kappa shape index (κ2) is 4.06. The van der Waals surface area contributed by atoms with Crippen molar-refractivity contribution in [3.63, 3.8) is 0 Å². The standard InChI is InChI=1S/C15H18/c1-11-8-9-15(13(3)10-11)14-7-5-4-6-12(14)2/h4-9,11H,10H2,1-3H3. The van der Waals surface area contributed by atoms with Crippen LogP contribution < -0.4 is 0 Å². The molecule has 0 nitrogen and oxygen atoms in total. The van der Waals surface area contributed by atoms with Gasteiger partial charge in [0.1, 0.15) is 0 Å². The van der Waals surface area contributed by atoms with Crippen LogP contribution in [-0.4, -0.2) is 0 Å². The molecule has 0 spiro atoms. The molecule has 0 amide bonds. The number of aryl methyl sites for hydroxylation is 1. The fourth-order valence-electron chi connectivity index (χ4n) is 2.26. The van der Waals surface area contributed by atoms with Crippen LogP contribution in [0.2, 0.25) is 0 Å². The molecule has 1 unspecified atom stereocenters. The minimum absolute atomic E-state index is 0.692. The maximum Gasteiger partial charge on any atom is -0.0155 e. The molecule has 0 aliphatic heterocycles. The molecule has 0 saturated carbocycles. The minimum Gasteiger partial charge on any atom is -0.0808 e. The number of benzene rings is 1. The van der Waals surface area contributed by atoms with E-state index in [1.807, 2.05) is 0 Å². The number of hydrogen-bond donors (Lipinski definition) is 0. The minimum atomic E-state index is 0.692. The normalized spacial score (nSPS) is 20.9. The SMILES string of the molecule is CC1=C(c2ccccc2C)C=CC(C)C1. The molecule has 0 aromatic heterocycles. The van der Waals surface area contributed by atoms with Gasteiger partial charge in [-0.25, -0.2) is 0 Å². The van der Waals surface area contributed by atoms with Gasteiger partial charge < -0.3 is 0 Å². The van der Waals surface area contributed by atoms with E-state index in [9.17, 15) is 0 Å². The van der Waals surface area contributed by atoms with Gasteiger partial charge in [-0.1, -0.05) is 48.9 Å². The summed E-state index contributed by atoms with van der Waals surface area (Å²) in [5, 5.41) is 0. The van der Waals surface area contributed by atoms with Crippen molar-refractivity contribution in [3.8, 4) is 0 Å². The first-order valence-electron chi connectivity index (χ1n) is 5.62. The quantitative estimate of drug-likeness (QED) is 0.628. The maximum atomic E-state index is 2.31. The highest BCUT2D eigenvalue weighted by molar-refractivity contribution is 5.79. The Morgan fingerprint density at radius 1 is 1.13 bits per heavy atom. The fourth-order valence-corrected chi connectivity index (χ4v) is 2.26. The van der Waals surface area contributed by atoms with Crippen LogP contribution in [0.5, 0.6) is 0 Å². The smallest absolute Gasteiger partial charge is 0.0155 e. The monoisotopic (exact) mass is 198 g/mol. The average molecular weight is 198 g/mol. The summed E-state index contributed by atoms with van der Waals surface area (Å²) in [7, 11) is 0. The van der Waals surface area contributed by atoms with Crippen molar-refractivity contribution >= 4 is 5.57 Å². The molecule has 0 radical (unpaired) electrons. The Kier molecular flexibility index (Phi) is 2.77. The lowest BCUT2D eigenvalue weighted by Gasteiger charge is -2.18. The largest absolute Gasteiger partial charge is 0.0808 e. The van der Waals surface area contributed by atoms with Crippen molar-refractivity contribution in [2.24, 2.45) is 5.92 Å². The highest BCUT2D eigenvalue weighted by Crippen LogP contribution is 2.31. The van der Waals surface area contributed by atoms with Gasteiger partial charge in [-0.05, 0) is 42.9 Å². The lowest BCUT2D eigenvalue weighted by molar-refractivity contribution is 0.710. The molecular formula is C15H18. The molecule has 1 atom stereocenters. The highest BCUT2D eigenvalue weighted by Gasteiger charge is 2.11. The van der Waals surface area contributed by atoms with Crippen LogP contribution in [0.3, 0.4) is 0 Å². The van der Waals surface area contributed by atoms with E-state index in [0.717, 1.165) is 0 Å². The molecule has 0 fully saturated rings. The van der Waals surface area contributed by atoms with Gasteiger partial charge >= 0.3 is 0 Å². The van der Waals surface area contributed by atoms with Crippen molar-refractivity contribution in [2.45, 2.75) is 27.2 Å². The van der Waals surface area contributed by atoms with E-state index in [4.69, 9.17) is 0 Å². The molecule has 0 bridgehead atoms. The molecule has 78 valence electrons. The van der Waals surface area contributed by atoms with E-state index in [-0.39, 0.29) is 0 Å². The van der Waals surface area contributed by atoms with Crippen LogP contribution >= 0.6 is 0 Å². The first-order valence-corrected chi connectivity index (χ1v) is 5.62. The summed E-state index contributed by atoms with van der Waals surface area (Å²) in [5.74, 6) is 0.692. The number of rotatable bonds is 1. The molecule has 15 heavy (non-hydrogen) atoms. The summed E-state index contributed by atoms with van der Waals surface area (Å²) in [6.07, 6.45) is 5.79. The van der Waals surface area contributed by atoms with Crippen LogP contribution in [0.1, 0.15) is 31.4 Å². The molecule has 2 rings (SSSR count). The zero-order chi connectivity index (χ0) is 10.8. The van der Waals surface area contributed by atoms with Gasteiger partial charge in [-0.2, -0.15) is 0 Å². The van der Waals surface area contributed by atoms with E-state index in [0.29, 0.717) is 5.92 Å². The summed E-state index contributed by atoms with van der Waals surface area (Å²) in [4.78, 5) is 0. The number of hydrogen-bond acceptors (Lipinski definition) is 0. The Bertz CT molecular complexity index is 421. The van der Waals surface area contributed by atoms with Crippen LogP contribution in [0, 0.1) is 12.8 Å². The van der Waals surface area contributed by atoms with Crippen LogP contribution in [-0.2, 0) is 0 Å². The predicted molar refractivity (Wildman–Crippen MR) is 66.7 cm³/mol. The van der Waals surface area contributed by atoms with E-state index in [1.165, 1.54) is 28.7 Å². The van der Waals surface area contributed by atoms with Crippen LogP contribution in [0.4, 0.5) is 0 Å². The molecule has 0 heteroatoms. The van der Waals surface area contributed by atoms with Gasteiger partial charge in [-0.3, -0.25) is 0 Å². The summed E-state index contributed by atoms with van der Waals surface area (Å²) in [6.45, 7) is 6.71. The Hall–Kier alpha value is -1.30. The molecule has 0 heterocycles. The Morgan fingerprint density at radius 2 is 1.87 bits per heavy atom. The molecule has 0 saturated heterocycles. The van der Waals surface area contributed by atoms with Gasteiger partial charge in [0.2, 0.25) is 0 Å². The van der Waals surface area contributed by atoms with Gasteiger partial charge in [0.25, 0.3) is 0 Å². The van der Waals surface area contributed by atoms with Crippen molar-refractivity contribution in [3.05, 3.63) is 53.1 Å². The lowest BCUT2D eigenvalue weighted by Crippen LogP contribution is -2.00. The Morgan fingerprint density at radius 3 is 2.53 bits per heavy atom. The second-order valence-corrected chi connectivity index (χ2v) is 4.55. The third-order valence-electron chi connectivity index (χ3n) is 3.11. The van der Waals surface area contributed by atoms with E-state index >= 15 is 0 Å². The molecule has 1 aliphatic rings. The second-order valence-electron chi connectivity index (χ2n) is 4.55. The third kappa shape index (κ3) is 2.04. The molecular weight excluding hydrogens is 180 g/mol. The van der Waals surface area contributed by atoms with Crippen molar-refractivity contribution < 1.29 is 0 Å². The van der Waals surface area contributed by atoms with E-state index in [1.54, 1.807) is 0 Å². The first-order chi connectivity index (χ1) is 7.18. The fraction of sp³-hybridized carbons (Fsp3) is 0.333. The zero-order valence-electron chi connectivity index (χ0n) is 9.75. The summed E-state index contributed by atoms with van der Waals surface area (Å²) in [5.41, 5.74) is 5.69. The van der Waals surface area contributed by atoms with E-state index < -0.39 is 0 Å². The Labute approximate surface area is 92.3 Å². The maximum absolute atomic E-state index is 2.31. The topological polar surface area (TPSA) is 0 Å². The third-order valence-corrected chi connectivity index (χ3v) is 3.11. The van der Waals surface area contributed by atoms with Crippen LogP contribution in [0.25, 0.3) is 5.57 Å². The van der Waals surface area contributed by atoms with Gasteiger partial charge in [0.05, 0.1) is 0 Å². The van der Waals surface area contributed by atoms with Crippen molar-refractivity contribution in [1.29, 1.82) is 0 Å². The molecule has 1 aromatic rings. The summed E-state index contributed by atoms with van der Waals surface area (Å²) < 4.78 is 0.